The van der Waals surface area contributed by atoms with Crippen molar-refractivity contribution in [1.82, 2.24) is 9.78 Å². The molecule has 1 heterocycles. The fourth-order valence-electron chi connectivity index (χ4n) is 1.42. The Morgan fingerprint density at radius 3 is 2.13 bits per heavy atom. The minimum atomic E-state index is -4.78. The number of aliphatic hydroxyl groups is 1. The average molecular weight is 223 g/mol. The first-order valence-corrected chi connectivity index (χ1v) is 4.17. The van der Waals surface area contributed by atoms with Gasteiger partial charge < -0.3 is 10.8 Å². The normalized spacial score (nSPS) is 16.5. The van der Waals surface area contributed by atoms with Crippen molar-refractivity contribution in [3.63, 3.8) is 0 Å². The summed E-state index contributed by atoms with van der Waals surface area (Å²) in [5.74, 6) is -0.185. The number of anilines is 1. The van der Waals surface area contributed by atoms with Crippen LogP contribution in [-0.2, 0) is 12.6 Å². The zero-order valence-corrected chi connectivity index (χ0v) is 8.55. The fourth-order valence-corrected chi connectivity index (χ4v) is 1.42. The monoisotopic (exact) mass is 223 g/mol. The SMILES string of the molecule is Cc1nn(C)c(N)c1C(C)(O)C(F)(F)F. The third-order valence-corrected chi connectivity index (χ3v) is 2.31. The molecule has 0 bridgehead atoms. The molecule has 1 aromatic rings. The third-order valence-electron chi connectivity index (χ3n) is 2.31. The number of nitrogen functional groups attached to an aromatic ring is 1. The quantitative estimate of drug-likeness (QED) is 0.748. The zero-order valence-electron chi connectivity index (χ0n) is 8.55. The fraction of sp³-hybridized carbons (Fsp3) is 0.625. The molecule has 3 N–H and O–H groups in total. The molecule has 0 saturated heterocycles. The van der Waals surface area contributed by atoms with Crippen molar-refractivity contribution in [2.45, 2.75) is 25.6 Å². The molecule has 0 aliphatic rings. The summed E-state index contributed by atoms with van der Waals surface area (Å²) in [5.41, 5.74) is 2.13. The molecule has 7 heteroatoms. The number of aromatic nitrogens is 2. The summed E-state index contributed by atoms with van der Waals surface area (Å²) in [6.07, 6.45) is -4.78. The Labute approximate surface area is 84.5 Å². The van der Waals surface area contributed by atoms with Crippen LogP contribution in [0.2, 0.25) is 0 Å². The van der Waals surface area contributed by atoms with Gasteiger partial charge >= 0.3 is 6.18 Å². The highest BCUT2D eigenvalue weighted by Gasteiger charge is 2.53. The molecule has 0 saturated carbocycles. The van der Waals surface area contributed by atoms with Crippen molar-refractivity contribution >= 4 is 5.82 Å². The summed E-state index contributed by atoms with van der Waals surface area (Å²) in [5, 5.41) is 13.2. The average Bonchev–Trinajstić information content (AvgIpc) is 2.24. The largest absolute Gasteiger partial charge is 0.421 e. The molecule has 0 amide bonds. The second-order valence-corrected chi connectivity index (χ2v) is 3.54. The van der Waals surface area contributed by atoms with E-state index in [1.54, 1.807) is 0 Å². The first-order chi connectivity index (χ1) is 6.59. The van der Waals surface area contributed by atoms with Crippen molar-refractivity contribution in [2.75, 3.05) is 5.73 Å². The van der Waals surface area contributed by atoms with Crippen LogP contribution in [0.15, 0.2) is 0 Å². The maximum Gasteiger partial charge on any atom is 0.421 e. The topological polar surface area (TPSA) is 64.1 Å². The van der Waals surface area contributed by atoms with Crippen molar-refractivity contribution in [2.24, 2.45) is 7.05 Å². The van der Waals surface area contributed by atoms with E-state index in [9.17, 15) is 18.3 Å². The lowest BCUT2D eigenvalue weighted by atomic mass is 9.95. The maximum absolute atomic E-state index is 12.5. The van der Waals surface area contributed by atoms with Crippen LogP contribution in [0.25, 0.3) is 0 Å². The van der Waals surface area contributed by atoms with Crippen LogP contribution in [0, 0.1) is 6.92 Å². The predicted octanol–water partition coefficient (Wildman–Crippen LogP) is 1.08. The number of rotatable bonds is 1. The van der Waals surface area contributed by atoms with Crippen LogP contribution in [0.3, 0.4) is 0 Å². The number of aryl methyl sites for hydroxylation is 2. The molecule has 4 nitrogen and oxygen atoms in total. The minimum Gasteiger partial charge on any atom is -0.384 e. The van der Waals surface area contributed by atoms with Gasteiger partial charge in [-0.05, 0) is 13.8 Å². The van der Waals surface area contributed by atoms with Crippen molar-refractivity contribution in [3.05, 3.63) is 11.3 Å². The molecule has 86 valence electrons. The number of alkyl halides is 3. The molecule has 1 atom stereocenters. The van der Waals surface area contributed by atoms with Gasteiger partial charge in [0.15, 0.2) is 5.60 Å². The van der Waals surface area contributed by atoms with E-state index in [-0.39, 0.29) is 11.5 Å². The van der Waals surface area contributed by atoms with Gasteiger partial charge in [0.05, 0.1) is 11.3 Å². The van der Waals surface area contributed by atoms with E-state index in [0.29, 0.717) is 6.92 Å². The minimum absolute atomic E-state index is 0.0670. The maximum atomic E-state index is 12.5. The molecule has 0 aliphatic carbocycles. The molecule has 0 aromatic carbocycles. The summed E-state index contributed by atoms with van der Waals surface area (Å²) < 4.78 is 38.7. The number of nitrogens with zero attached hydrogens (tertiary/aromatic N) is 2. The molecule has 1 rings (SSSR count). The second-order valence-electron chi connectivity index (χ2n) is 3.54. The van der Waals surface area contributed by atoms with Gasteiger partial charge in [0.25, 0.3) is 0 Å². The van der Waals surface area contributed by atoms with E-state index >= 15 is 0 Å². The van der Waals surface area contributed by atoms with Crippen molar-refractivity contribution in [3.8, 4) is 0 Å². The Balaban J connectivity index is 3.39. The smallest absolute Gasteiger partial charge is 0.384 e. The van der Waals surface area contributed by atoms with Crippen LogP contribution < -0.4 is 5.73 Å². The van der Waals surface area contributed by atoms with Crippen molar-refractivity contribution in [1.29, 1.82) is 0 Å². The molecule has 0 aliphatic heterocycles. The van der Waals surface area contributed by atoms with Gasteiger partial charge in [0.2, 0.25) is 0 Å². The van der Waals surface area contributed by atoms with E-state index < -0.39 is 17.3 Å². The van der Waals surface area contributed by atoms with Crippen LogP contribution in [0.5, 0.6) is 0 Å². The Bertz CT molecular complexity index is 381. The van der Waals surface area contributed by atoms with Crippen molar-refractivity contribution < 1.29 is 18.3 Å². The van der Waals surface area contributed by atoms with Crippen LogP contribution >= 0.6 is 0 Å². The Morgan fingerprint density at radius 2 is 1.87 bits per heavy atom. The Hall–Kier alpha value is -1.24. The molecule has 0 fully saturated rings. The highest BCUT2D eigenvalue weighted by atomic mass is 19.4. The summed E-state index contributed by atoms with van der Waals surface area (Å²) >= 11 is 0. The standard InChI is InChI=1S/C8H12F3N3O/c1-4-5(6(12)14(3)13-4)7(2,15)8(9,10)11/h15H,12H2,1-3H3. The zero-order chi connectivity index (χ0) is 12.0. The molecule has 1 unspecified atom stereocenters. The summed E-state index contributed by atoms with van der Waals surface area (Å²) in [4.78, 5) is 0. The summed E-state index contributed by atoms with van der Waals surface area (Å²) in [6.45, 7) is 2.03. The van der Waals surface area contributed by atoms with Crippen LogP contribution in [-0.4, -0.2) is 21.1 Å². The highest BCUT2D eigenvalue weighted by molar-refractivity contribution is 5.47. The summed E-state index contributed by atoms with van der Waals surface area (Å²) in [7, 11) is 1.41. The number of hydrogen-bond donors (Lipinski definition) is 2. The van der Waals surface area contributed by atoms with Gasteiger partial charge in [-0.3, -0.25) is 4.68 Å². The first-order valence-electron chi connectivity index (χ1n) is 4.17. The first kappa shape index (κ1) is 11.8. The molecule has 15 heavy (non-hydrogen) atoms. The predicted molar refractivity (Wildman–Crippen MR) is 48.0 cm³/mol. The van der Waals surface area contributed by atoms with E-state index in [1.807, 2.05) is 0 Å². The van der Waals surface area contributed by atoms with Gasteiger partial charge in [-0.1, -0.05) is 0 Å². The molecular weight excluding hydrogens is 211 g/mol. The van der Waals surface area contributed by atoms with Crippen LogP contribution in [0.1, 0.15) is 18.2 Å². The van der Waals surface area contributed by atoms with Gasteiger partial charge in [0, 0.05) is 7.05 Å². The van der Waals surface area contributed by atoms with Gasteiger partial charge in [-0.25, -0.2) is 0 Å². The molecule has 0 spiro atoms. The van der Waals surface area contributed by atoms with Gasteiger partial charge in [-0.2, -0.15) is 18.3 Å². The molecule has 1 aromatic heterocycles. The van der Waals surface area contributed by atoms with Gasteiger partial charge in [0.1, 0.15) is 5.82 Å². The highest BCUT2D eigenvalue weighted by Crippen LogP contribution is 2.41. The Kier molecular flexibility index (Phi) is 2.47. The van der Waals surface area contributed by atoms with E-state index in [2.05, 4.69) is 5.10 Å². The lowest BCUT2D eigenvalue weighted by Crippen LogP contribution is -2.40. The lowest BCUT2D eigenvalue weighted by Gasteiger charge is -2.26. The number of hydrogen-bond acceptors (Lipinski definition) is 3. The Morgan fingerprint density at radius 1 is 1.40 bits per heavy atom. The van der Waals surface area contributed by atoms with E-state index in [4.69, 9.17) is 5.73 Å². The van der Waals surface area contributed by atoms with Crippen LogP contribution in [0.4, 0.5) is 19.0 Å². The van der Waals surface area contributed by atoms with E-state index in [0.717, 1.165) is 4.68 Å². The lowest BCUT2D eigenvalue weighted by molar-refractivity contribution is -0.258. The number of nitrogens with two attached hydrogens (primary N) is 1. The number of halogens is 3. The summed E-state index contributed by atoms with van der Waals surface area (Å²) in [6, 6.07) is 0. The third kappa shape index (κ3) is 1.67. The van der Waals surface area contributed by atoms with E-state index in [1.165, 1.54) is 14.0 Å². The molecule has 0 radical (unpaired) electrons. The second kappa shape index (κ2) is 3.13. The van der Waals surface area contributed by atoms with Gasteiger partial charge in [-0.15, -0.1) is 0 Å². The molecular formula is C8H12F3N3O.